The van der Waals surface area contributed by atoms with Crippen LogP contribution in [0.25, 0.3) is 11.3 Å². The molecule has 1 aromatic heterocycles. The SMILES string of the molecule is COc1ccc(-c2nnc(NCCC3=CCCCC3)[nH]c2=O)cc1. The number of hydrogen-bond donors (Lipinski definition) is 2. The number of methoxy groups -OCH3 is 1. The van der Waals surface area contributed by atoms with Gasteiger partial charge in [0.15, 0.2) is 5.69 Å². The van der Waals surface area contributed by atoms with Crippen LogP contribution >= 0.6 is 0 Å². The van der Waals surface area contributed by atoms with Crippen LogP contribution in [-0.2, 0) is 0 Å². The summed E-state index contributed by atoms with van der Waals surface area (Å²) >= 11 is 0. The molecule has 0 bridgehead atoms. The highest BCUT2D eigenvalue weighted by molar-refractivity contribution is 5.58. The van der Waals surface area contributed by atoms with E-state index in [9.17, 15) is 4.79 Å². The number of rotatable bonds is 6. The molecule has 6 heteroatoms. The topological polar surface area (TPSA) is 79.9 Å². The second-order valence-electron chi connectivity index (χ2n) is 5.86. The summed E-state index contributed by atoms with van der Waals surface area (Å²) < 4.78 is 5.11. The second-order valence-corrected chi connectivity index (χ2v) is 5.86. The van der Waals surface area contributed by atoms with Crippen LogP contribution in [0.1, 0.15) is 32.1 Å². The Hall–Kier alpha value is -2.63. The molecule has 0 saturated carbocycles. The molecule has 2 N–H and O–H groups in total. The van der Waals surface area contributed by atoms with E-state index in [0.717, 1.165) is 18.7 Å². The van der Waals surface area contributed by atoms with Gasteiger partial charge in [0.25, 0.3) is 5.56 Å². The van der Waals surface area contributed by atoms with Crippen LogP contribution in [0.4, 0.5) is 5.95 Å². The number of ether oxygens (including phenoxy) is 1. The van der Waals surface area contributed by atoms with E-state index < -0.39 is 0 Å². The molecule has 0 aliphatic heterocycles. The lowest BCUT2D eigenvalue weighted by Gasteiger charge is -2.12. The summed E-state index contributed by atoms with van der Waals surface area (Å²) in [5.74, 6) is 1.15. The van der Waals surface area contributed by atoms with Crippen LogP contribution in [0.5, 0.6) is 5.75 Å². The predicted molar refractivity (Wildman–Crippen MR) is 94.3 cm³/mol. The molecular formula is C18H22N4O2. The molecule has 3 rings (SSSR count). The zero-order chi connectivity index (χ0) is 16.8. The largest absolute Gasteiger partial charge is 0.497 e. The Morgan fingerprint density at radius 1 is 1.21 bits per heavy atom. The molecule has 0 unspecified atom stereocenters. The fourth-order valence-corrected chi connectivity index (χ4v) is 2.83. The quantitative estimate of drug-likeness (QED) is 0.797. The number of aromatic nitrogens is 3. The summed E-state index contributed by atoms with van der Waals surface area (Å²) in [5, 5.41) is 11.3. The first-order chi connectivity index (χ1) is 11.8. The third kappa shape index (κ3) is 4.01. The van der Waals surface area contributed by atoms with Gasteiger partial charge in [0.1, 0.15) is 5.75 Å². The van der Waals surface area contributed by atoms with E-state index in [1.54, 1.807) is 31.4 Å². The Kier molecular flexibility index (Phi) is 5.25. The number of allylic oxidation sites excluding steroid dienone is 1. The highest BCUT2D eigenvalue weighted by atomic mass is 16.5. The van der Waals surface area contributed by atoms with E-state index in [-0.39, 0.29) is 5.56 Å². The Morgan fingerprint density at radius 2 is 2.04 bits per heavy atom. The van der Waals surface area contributed by atoms with Gasteiger partial charge in [-0.15, -0.1) is 10.2 Å². The first-order valence-electron chi connectivity index (χ1n) is 8.29. The molecule has 6 nitrogen and oxygen atoms in total. The Balaban J connectivity index is 1.63. The molecule has 24 heavy (non-hydrogen) atoms. The number of anilines is 1. The third-order valence-corrected chi connectivity index (χ3v) is 4.18. The van der Waals surface area contributed by atoms with Crippen molar-refractivity contribution in [1.82, 2.24) is 15.2 Å². The molecule has 1 heterocycles. The van der Waals surface area contributed by atoms with Gasteiger partial charge in [-0.25, -0.2) is 0 Å². The fraction of sp³-hybridized carbons (Fsp3) is 0.389. The highest BCUT2D eigenvalue weighted by Crippen LogP contribution is 2.20. The molecule has 0 amide bonds. The predicted octanol–water partition coefficient (Wildman–Crippen LogP) is 3.14. The fourth-order valence-electron chi connectivity index (χ4n) is 2.83. The molecule has 126 valence electrons. The van der Waals surface area contributed by atoms with E-state index in [2.05, 4.69) is 26.6 Å². The van der Waals surface area contributed by atoms with Crippen LogP contribution < -0.4 is 15.6 Å². The molecule has 0 atom stereocenters. The van der Waals surface area contributed by atoms with Crippen molar-refractivity contribution in [3.05, 3.63) is 46.3 Å². The summed E-state index contributed by atoms with van der Waals surface area (Å²) in [4.78, 5) is 15.0. The molecule has 1 aliphatic rings. The molecular weight excluding hydrogens is 304 g/mol. The molecule has 2 aromatic rings. The van der Waals surface area contributed by atoms with Gasteiger partial charge in [0.05, 0.1) is 7.11 Å². The van der Waals surface area contributed by atoms with Gasteiger partial charge >= 0.3 is 0 Å². The second kappa shape index (κ2) is 7.77. The number of aromatic amines is 1. The minimum atomic E-state index is -0.255. The van der Waals surface area contributed by atoms with Crippen molar-refractivity contribution in [3.63, 3.8) is 0 Å². The van der Waals surface area contributed by atoms with Crippen LogP contribution in [0.2, 0.25) is 0 Å². The van der Waals surface area contributed by atoms with Crippen LogP contribution in [0, 0.1) is 0 Å². The summed E-state index contributed by atoms with van der Waals surface area (Å²) in [6.45, 7) is 0.748. The van der Waals surface area contributed by atoms with E-state index >= 15 is 0 Å². The van der Waals surface area contributed by atoms with E-state index in [0.29, 0.717) is 17.2 Å². The summed E-state index contributed by atoms with van der Waals surface area (Å²) in [6.07, 6.45) is 8.24. The van der Waals surface area contributed by atoms with E-state index in [1.807, 2.05) is 0 Å². The third-order valence-electron chi connectivity index (χ3n) is 4.18. The number of nitrogens with zero attached hydrogens (tertiary/aromatic N) is 2. The minimum absolute atomic E-state index is 0.255. The van der Waals surface area contributed by atoms with Gasteiger partial charge in [-0.05, 0) is 56.4 Å². The molecule has 1 aliphatic carbocycles. The van der Waals surface area contributed by atoms with Gasteiger partial charge in [-0.1, -0.05) is 11.6 Å². The van der Waals surface area contributed by atoms with Gasteiger partial charge in [-0.3, -0.25) is 9.78 Å². The Bertz CT molecular complexity index is 765. The highest BCUT2D eigenvalue weighted by Gasteiger charge is 2.08. The lowest BCUT2D eigenvalue weighted by molar-refractivity contribution is 0.415. The average molecular weight is 326 g/mol. The van der Waals surface area contributed by atoms with Crippen LogP contribution in [0.3, 0.4) is 0 Å². The zero-order valence-electron chi connectivity index (χ0n) is 13.8. The maximum atomic E-state index is 12.2. The van der Waals surface area contributed by atoms with Crippen molar-refractivity contribution < 1.29 is 4.74 Å². The van der Waals surface area contributed by atoms with Crippen molar-refractivity contribution in [2.45, 2.75) is 32.1 Å². The van der Waals surface area contributed by atoms with Gasteiger partial charge in [0, 0.05) is 12.1 Å². The normalized spacial score (nSPS) is 14.1. The zero-order valence-corrected chi connectivity index (χ0v) is 13.8. The van der Waals surface area contributed by atoms with Crippen molar-refractivity contribution in [1.29, 1.82) is 0 Å². The van der Waals surface area contributed by atoms with E-state index in [4.69, 9.17) is 4.74 Å². The summed E-state index contributed by atoms with van der Waals surface area (Å²) in [6, 6.07) is 7.17. The van der Waals surface area contributed by atoms with Crippen LogP contribution in [0.15, 0.2) is 40.7 Å². The first-order valence-corrected chi connectivity index (χ1v) is 8.29. The number of H-pyrrole nitrogens is 1. The lowest BCUT2D eigenvalue weighted by Crippen LogP contribution is -2.17. The van der Waals surface area contributed by atoms with Gasteiger partial charge in [-0.2, -0.15) is 0 Å². The van der Waals surface area contributed by atoms with Gasteiger partial charge < -0.3 is 10.1 Å². The lowest BCUT2D eigenvalue weighted by atomic mass is 9.97. The van der Waals surface area contributed by atoms with Crippen molar-refractivity contribution in [2.24, 2.45) is 0 Å². The summed E-state index contributed by atoms with van der Waals surface area (Å²) in [5.41, 5.74) is 2.25. The molecule has 0 fully saturated rings. The minimum Gasteiger partial charge on any atom is -0.497 e. The summed E-state index contributed by atoms with van der Waals surface area (Å²) in [7, 11) is 1.60. The van der Waals surface area contributed by atoms with Crippen LogP contribution in [-0.4, -0.2) is 28.8 Å². The first kappa shape index (κ1) is 16.2. The number of nitrogens with one attached hydrogen (secondary N) is 2. The van der Waals surface area contributed by atoms with Gasteiger partial charge in [0.2, 0.25) is 5.95 Å². The van der Waals surface area contributed by atoms with E-state index in [1.165, 1.54) is 31.3 Å². The van der Waals surface area contributed by atoms with Crippen molar-refractivity contribution in [2.75, 3.05) is 19.0 Å². The van der Waals surface area contributed by atoms with Crippen molar-refractivity contribution in [3.8, 4) is 17.0 Å². The molecule has 0 saturated heterocycles. The smallest absolute Gasteiger partial charge is 0.279 e. The Labute approximate surface area is 141 Å². The number of benzene rings is 1. The Morgan fingerprint density at radius 3 is 2.71 bits per heavy atom. The number of hydrogen-bond acceptors (Lipinski definition) is 5. The maximum absolute atomic E-state index is 12.2. The monoisotopic (exact) mass is 326 g/mol. The molecule has 1 aromatic carbocycles. The van der Waals surface area contributed by atoms with Crippen molar-refractivity contribution >= 4 is 5.95 Å². The average Bonchev–Trinajstić information content (AvgIpc) is 2.63. The molecule has 0 spiro atoms. The maximum Gasteiger partial charge on any atom is 0.279 e. The standard InChI is InChI=1S/C18H22N4O2/c1-24-15-9-7-14(8-10-15)16-17(23)20-18(22-21-16)19-12-11-13-5-3-2-4-6-13/h5,7-10H,2-4,6,11-12H2,1H3,(H2,19,20,22,23). The molecule has 0 radical (unpaired) electrons.